The summed E-state index contributed by atoms with van der Waals surface area (Å²) in [4.78, 5) is 17.8. The Morgan fingerprint density at radius 1 is 1.55 bits per heavy atom. The molecular weight excluding hydrogens is 284 g/mol. The van der Waals surface area contributed by atoms with E-state index in [4.69, 9.17) is 15.0 Å². The van der Waals surface area contributed by atoms with Crippen LogP contribution in [0.4, 0.5) is 0 Å². The lowest BCUT2D eigenvalue weighted by molar-refractivity contribution is -0.122. The van der Waals surface area contributed by atoms with E-state index in [9.17, 15) is 4.79 Å². The van der Waals surface area contributed by atoms with Crippen molar-refractivity contribution in [1.82, 2.24) is 15.0 Å². The maximum Gasteiger partial charge on any atom is 0.241 e. The molecule has 22 heavy (non-hydrogen) atoms. The number of carbonyl (C=O) groups excluding carboxylic acids is 1. The van der Waals surface area contributed by atoms with Crippen molar-refractivity contribution in [2.24, 2.45) is 5.73 Å². The Morgan fingerprint density at radius 2 is 2.41 bits per heavy atom. The summed E-state index contributed by atoms with van der Waals surface area (Å²) in [6.07, 6.45) is 1.73. The number of amides is 1. The van der Waals surface area contributed by atoms with Gasteiger partial charge in [0.05, 0.1) is 19.7 Å². The number of hydrogen-bond donors (Lipinski definition) is 1. The number of nitrogens with zero attached hydrogens (tertiary/aromatic N) is 3. The first-order chi connectivity index (χ1) is 10.7. The van der Waals surface area contributed by atoms with E-state index >= 15 is 0 Å². The Morgan fingerprint density at radius 3 is 3.18 bits per heavy atom. The second kappa shape index (κ2) is 6.15. The quantitative estimate of drug-likeness (QED) is 0.891. The largest absolute Gasteiger partial charge is 0.497 e. The fourth-order valence-electron chi connectivity index (χ4n) is 2.71. The number of nitrogens with two attached hydrogens (primary N) is 1. The fraction of sp³-hybridized carbons (Fsp3) is 0.400. The molecule has 1 saturated heterocycles. The van der Waals surface area contributed by atoms with Gasteiger partial charge in [-0.05, 0) is 31.5 Å². The summed E-state index contributed by atoms with van der Waals surface area (Å²) in [6, 6.07) is 7.21. The number of benzene rings is 1. The molecule has 0 aliphatic carbocycles. The first-order valence-corrected chi connectivity index (χ1v) is 7.18. The molecule has 1 amide bonds. The van der Waals surface area contributed by atoms with Crippen LogP contribution in [0.25, 0.3) is 11.4 Å². The molecule has 7 nitrogen and oxygen atoms in total. The molecule has 116 valence electrons. The smallest absolute Gasteiger partial charge is 0.241 e. The summed E-state index contributed by atoms with van der Waals surface area (Å²) in [6.45, 7) is 1.25. The summed E-state index contributed by atoms with van der Waals surface area (Å²) in [5.74, 6) is 1.41. The SMILES string of the molecule is COc1cccc(-c2noc(CN3CCC[C@@H]3C(N)=O)n2)c1. The van der Waals surface area contributed by atoms with E-state index in [-0.39, 0.29) is 11.9 Å². The monoisotopic (exact) mass is 302 g/mol. The standard InChI is InChI=1S/C15H18N4O3/c1-21-11-5-2-4-10(8-11)15-17-13(22-18-15)9-19-7-3-6-12(19)14(16)20/h2,4-5,8,12H,3,6-7,9H2,1H3,(H2,16,20)/t12-/m1/s1. The molecule has 1 fully saturated rings. The lowest BCUT2D eigenvalue weighted by atomic mass is 10.2. The molecule has 0 bridgehead atoms. The third-order valence-electron chi connectivity index (χ3n) is 3.83. The van der Waals surface area contributed by atoms with Crippen LogP contribution in [0.1, 0.15) is 18.7 Å². The summed E-state index contributed by atoms with van der Waals surface area (Å²) >= 11 is 0. The number of methoxy groups -OCH3 is 1. The van der Waals surface area contributed by atoms with Crippen molar-refractivity contribution in [2.75, 3.05) is 13.7 Å². The zero-order valence-corrected chi connectivity index (χ0v) is 12.4. The van der Waals surface area contributed by atoms with Gasteiger partial charge in [-0.2, -0.15) is 4.98 Å². The molecular formula is C15H18N4O3. The van der Waals surface area contributed by atoms with Crippen molar-refractivity contribution in [3.05, 3.63) is 30.2 Å². The highest BCUT2D eigenvalue weighted by Gasteiger charge is 2.30. The molecule has 1 aliphatic heterocycles. The maximum atomic E-state index is 11.4. The molecule has 1 aliphatic rings. The lowest BCUT2D eigenvalue weighted by Crippen LogP contribution is -2.39. The Balaban J connectivity index is 1.75. The van der Waals surface area contributed by atoms with Gasteiger partial charge >= 0.3 is 0 Å². The molecule has 1 aromatic heterocycles. The van der Waals surface area contributed by atoms with E-state index in [1.54, 1.807) is 7.11 Å². The number of ether oxygens (including phenoxy) is 1. The average molecular weight is 302 g/mol. The van der Waals surface area contributed by atoms with Crippen LogP contribution < -0.4 is 10.5 Å². The summed E-state index contributed by atoms with van der Waals surface area (Å²) < 4.78 is 10.5. The van der Waals surface area contributed by atoms with E-state index in [0.29, 0.717) is 18.3 Å². The molecule has 0 saturated carbocycles. The zero-order valence-electron chi connectivity index (χ0n) is 12.4. The van der Waals surface area contributed by atoms with Crippen molar-refractivity contribution in [3.63, 3.8) is 0 Å². The average Bonchev–Trinajstić information content (AvgIpc) is 3.17. The first-order valence-electron chi connectivity index (χ1n) is 7.18. The van der Waals surface area contributed by atoms with Crippen LogP contribution in [-0.2, 0) is 11.3 Å². The van der Waals surface area contributed by atoms with Gasteiger partial charge in [0.2, 0.25) is 17.6 Å². The van der Waals surface area contributed by atoms with Crippen molar-refractivity contribution in [1.29, 1.82) is 0 Å². The minimum atomic E-state index is -0.301. The lowest BCUT2D eigenvalue weighted by Gasteiger charge is -2.19. The summed E-state index contributed by atoms with van der Waals surface area (Å²) in [5, 5.41) is 3.99. The molecule has 1 aromatic carbocycles. The predicted octanol–water partition coefficient (Wildman–Crippen LogP) is 1.19. The molecule has 3 rings (SSSR count). The number of likely N-dealkylation sites (tertiary alicyclic amines) is 1. The fourth-order valence-corrected chi connectivity index (χ4v) is 2.71. The van der Waals surface area contributed by atoms with Gasteiger partial charge in [0.25, 0.3) is 0 Å². The highest BCUT2D eigenvalue weighted by Crippen LogP contribution is 2.23. The topological polar surface area (TPSA) is 94.5 Å². The van der Waals surface area contributed by atoms with Crippen molar-refractivity contribution in [3.8, 4) is 17.1 Å². The third-order valence-corrected chi connectivity index (χ3v) is 3.83. The van der Waals surface area contributed by atoms with Gasteiger partial charge in [-0.3, -0.25) is 9.69 Å². The van der Waals surface area contributed by atoms with Crippen LogP contribution in [-0.4, -0.2) is 40.6 Å². The molecule has 0 spiro atoms. The molecule has 7 heteroatoms. The molecule has 0 unspecified atom stereocenters. The van der Waals surface area contributed by atoms with E-state index in [1.807, 2.05) is 29.2 Å². The molecule has 0 radical (unpaired) electrons. The van der Waals surface area contributed by atoms with Crippen LogP contribution >= 0.6 is 0 Å². The van der Waals surface area contributed by atoms with Crippen molar-refractivity contribution < 1.29 is 14.1 Å². The van der Waals surface area contributed by atoms with E-state index in [2.05, 4.69) is 10.1 Å². The first kappa shape index (κ1) is 14.5. The Bertz CT molecular complexity index is 670. The Hall–Kier alpha value is -2.41. The molecule has 1 atom stereocenters. The van der Waals surface area contributed by atoms with Gasteiger partial charge in [-0.15, -0.1) is 0 Å². The van der Waals surface area contributed by atoms with Gasteiger partial charge in [-0.1, -0.05) is 17.3 Å². The third kappa shape index (κ3) is 2.94. The summed E-state index contributed by atoms with van der Waals surface area (Å²) in [5.41, 5.74) is 6.23. The maximum absolute atomic E-state index is 11.4. The van der Waals surface area contributed by atoms with Crippen LogP contribution in [0.3, 0.4) is 0 Å². The highest BCUT2D eigenvalue weighted by molar-refractivity contribution is 5.80. The van der Waals surface area contributed by atoms with Crippen LogP contribution in [0, 0.1) is 0 Å². The Labute approximate surface area is 128 Å². The summed E-state index contributed by atoms with van der Waals surface area (Å²) in [7, 11) is 1.61. The second-order valence-corrected chi connectivity index (χ2v) is 5.27. The number of carbonyl (C=O) groups is 1. The zero-order chi connectivity index (χ0) is 15.5. The van der Waals surface area contributed by atoms with Crippen LogP contribution in [0.2, 0.25) is 0 Å². The van der Waals surface area contributed by atoms with E-state index in [0.717, 1.165) is 30.7 Å². The van der Waals surface area contributed by atoms with Gasteiger partial charge in [0.15, 0.2) is 0 Å². The molecule has 2 aromatic rings. The van der Waals surface area contributed by atoms with Crippen LogP contribution in [0.15, 0.2) is 28.8 Å². The highest BCUT2D eigenvalue weighted by atomic mass is 16.5. The Kier molecular flexibility index (Phi) is 4.06. The van der Waals surface area contributed by atoms with Gasteiger partial charge in [0.1, 0.15) is 5.75 Å². The number of rotatable bonds is 5. The minimum absolute atomic E-state index is 0.243. The van der Waals surface area contributed by atoms with Crippen LogP contribution in [0.5, 0.6) is 5.75 Å². The molecule has 2 N–H and O–H groups in total. The number of hydrogen-bond acceptors (Lipinski definition) is 6. The van der Waals surface area contributed by atoms with Gasteiger partial charge in [-0.25, -0.2) is 0 Å². The number of aromatic nitrogens is 2. The van der Waals surface area contributed by atoms with Crippen molar-refractivity contribution >= 4 is 5.91 Å². The number of primary amides is 1. The molecule has 2 heterocycles. The van der Waals surface area contributed by atoms with Crippen molar-refractivity contribution in [2.45, 2.75) is 25.4 Å². The van der Waals surface area contributed by atoms with E-state index in [1.165, 1.54) is 0 Å². The van der Waals surface area contributed by atoms with E-state index < -0.39 is 0 Å². The predicted molar refractivity (Wildman–Crippen MR) is 78.9 cm³/mol. The minimum Gasteiger partial charge on any atom is -0.497 e. The normalized spacial score (nSPS) is 18.5. The van der Waals surface area contributed by atoms with Gasteiger partial charge < -0.3 is 15.0 Å². The van der Waals surface area contributed by atoms with Gasteiger partial charge in [0, 0.05) is 5.56 Å². The second-order valence-electron chi connectivity index (χ2n) is 5.27.